The minimum atomic E-state index is -3.19. The number of sulfonamides is 1. The summed E-state index contributed by atoms with van der Waals surface area (Å²) in [6.45, 7) is 4.06. The van der Waals surface area contributed by atoms with Gasteiger partial charge < -0.3 is 0 Å². The molecule has 1 N–H and O–H groups in total. The zero-order valence-corrected chi connectivity index (χ0v) is 17.0. The first-order chi connectivity index (χ1) is 13.9. The van der Waals surface area contributed by atoms with Crippen LogP contribution < -0.4 is 10.4 Å². The lowest BCUT2D eigenvalue weighted by Crippen LogP contribution is -2.48. The lowest BCUT2D eigenvalue weighted by molar-refractivity contribution is -0.107. The average Bonchev–Trinajstić information content (AvgIpc) is 2.72. The highest BCUT2D eigenvalue weighted by Gasteiger charge is 2.25. The van der Waals surface area contributed by atoms with E-state index >= 15 is 0 Å². The second kappa shape index (κ2) is 9.29. The van der Waals surface area contributed by atoms with E-state index in [2.05, 4.69) is 15.3 Å². The lowest BCUT2D eigenvalue weighted by atomic mass is 10.1. The molecule has 0 radical (unpaired) electrons. The van der Waals surface area contributed by atoms with Gasteiger partial charge in [0.1, 0.15) is 5.82 Å². The minimum Gasteiger partial charge on any atom is -0.296 e. The van der Waals surface area contributed by atoms with Crippen molar-refractivity contribution in [2.24, 2.45) is 0 Å². The van der Waals surface area contributed by atoms with Crippen LogP contribution in [-0.2, 0) is 21.4 Å². The number of hydrogen-bond donors (Lipinski definition) is 1. The molecule has 0 aliphatic carbocycles. The number of nitrogens with zero attached hydrogens (tertiary/aromatic N) is 4. The Balaban J connectivity index is 1.68. The van der Waals surface area contributed by atoms with Gasteiger partial charge in [-0.05, 0) is 42.8 Å². The normalized spacial score (nSPS) is 15.8. The molecule has 1 aliphatic heterocycles. The summed E-state index contributed by atoms with van der Waals surface area (Å²) in [6, 6.07) is 7.89. The third-order valence-corrected chi connectivity index (χ3v) is 6.61. The number of aromatic nitrogens is 1. The van der Waals surface area contributed by atoms with E-state index in [1.54, 1.807) is 37.5 Å². The van der Waals surface area contributed by atoms with Crippen molar-refractivity contribution in [1.82, 2.24) is 14.2 Å². The highest BCUT2D eigenvalue weighted by Crippen LogP contribution is 2.21. The predicted octanol–water partition coefficient (Wildman–Crippen LogP) is 1.68. The first kappa shape index (κ1) is 21.2. The zero-order valence-electron chi connectivity index (χ0n) is 16.2. The van der Waals surface area contributed by atoms with Crippen LogP contribution in [0.4, 0.5) is 15.8 Å². The summed E-state index contributed by atoms with van der Waals surface area (Å²) in [4.78, 5) is 17.6. The molecule has 0 spiro atoms. The Morgan fingerprint density at radius 1 is 1.24 bits per heavy atom. The van der Waals surface area contributed by atoms with E-state index in [1.165, 1.54) is 21.4 Å². The molecule has 1 aromatic carbocycles. The van der Waals surface area contributed by atoms with Gasteiger partial charge in [-0.3, -0.25) is 20.1 Å². The molecular weight excluding hydrogens is 397 g/mol. The van der Waals surface area contributed by atoms with Gasteiger partial charge in [-0.2, -0.15) is 4.31 Å². The fourth-order valence-electron chi connectivity index (χ4n) is 3.19. The molecule has 0 saturated carbocycles. The highest BCUT2D eigenvalue weighted by molar-refractivity contribution is 7.89. The molecule has 2 heterocycles. The van der Waals surface area contributed by atoms with Crippen LogP contribution in [0.5, 0.6) is 0 Å². The summed E-state index contributed by atoms with van der Waals surface area (Å²) in [7, 11) is -3.19. The molecule has 156 valence electrons. The standard InChI is InChI=1S/C19H24FN5O3S/c1-2-29(27,28)24-8-6-23(7-9-24)14-16-10-17(20)12-19(11-16)25(15-26)22-18-4-3-5-21-13-18/h3-5,10-13,15,22H,2,6-9,14H2,1H3. The Hall–Kier alpha value is -2.56. The molecule has 0 bridgehead atoms. The number of amides is 1. The number of pyridine rings is 1. The first-order valence-electron chi connectivity index (χ1n) is 9.32. The molecule has 1 fully saturated rings. The van der Waals surface area contributed by atoms with E-state index < -0.39 is 15.8 Å². The molecule has 10 heteroatoms. The number of benzene rings is 1. The van der Waals surface area contributed by atoms with Crippen molar-refractivity contribution in [2.75, 3.05) is 42.4 Å². The molecule has 2 aromatic rings. The number of nitrogens with one attached hydrogen (secondary N) is 1. The number of carbonyl (C=O) groups excluding carboxylic acids is 1. The lowest BCUT2D eigenvalue weighted by Gasteiger charge is -2.34. The minimum absolute atomic E-state index is 0.0890. The zero-order chi connectivity index (χ0) is 20.9. The van der Waals surface area contributed by atoms with Crippen LogP contribution in [0.3, 0.4) is 0 Å². The SMILES string of the molecule is CCS(=O)(=O)N1CCN(Cc2cc(F)cc(N(C=O)Nc3cccnc3)c2)CC1. The molecule has 0 unspecified atom stereocenters. The molecule has 1 aliphatic rings. The number of carbonyl (C=O) groups is 1. The second-order valence-electron chi connectivity index (χ2n) is 6.72. The predicted molar refractivity (Wildman–Crippen MR) is 109 cm³/mol. The monoisotopic (exact) mass is 421 g/mol. The van der Waals surface area contributed by atoms with Gasteiger partial charge in [0.05, 0.1) is 23.3 Å². The van der Waals surface area contributed by atoms with Gasteiger partial charge in [0.2, 0.25) is 16.4 Å². The number of hydrazine groups is 1. The third kappa shape index (κ3) is 5.49. The van der Waals surface area contributed by atoms with Crippen LogP contribution in [0.2, 0.25) is 0 Å². The van der Waals surface area contributed by atoms with E-state index in [1.807, 2.05) is 0 Å². The molecule has 0 atom stereocenters. The topological polar surface area (TPSA) is 85.9 Å². The summed E-state index contributed by atoms with van der Waals surface area (Å²) in [5.74, 6) is -0.365. The summed E-state index contributed by atoms with van der Waals surface area (Å²) in [5, 5.41) is 1.19. The molecule has 3 rings (SSSR count). The first-order valence-corrected chi connectivity index (χ1v) is 10.9. The van der Waals surface area contributed by atoms with Gasteiger partial charge in [-0.15, -0.1) is 0 Å². The van der Waals surface area contributed by atoms with Gasteiger partial charge in [-0.25, -0.2) is 17.8 Å². The fourth-order valence-corrected chi connectivity index (χ4v) is 4.27. The number of anilines is 2. The number of rotatable bonds is 8. The van der Waals surface area contributed by atoms with Crippen molar-refractivity contribution in [2.45, 2.75) is 13.5 Å². The van der Waals surface area contributed by atoms with Crippen molar-refractivity contribution in [3.63, 3.8) is 0 Å². The second-order valence-corrected chi connectivity index (χ2v) is 8.98. The summed E-state index contributed by atoms with van der Waals surface area (Å²) < 4.78 is 39.6. The summed E-state index contributed by atoms with van der Waals surface area (Å²) in [5.41, 5.74) is 4.54. The fraction of sp³-hybridized carbons (Fsp3) is 0.368. The van der Waals surface area contributed by atoms with Crippen LogP contribution in [0, 0.1) is 5.82 Å². The Morgan fingerprint density at radius 3 is 2.62 bits per heavy atom. The number of halogens is 1. The molecular formula is C19H24FN5O3S. The Kier molecular flexibility index (Phi) is 6.78. The van der Waals surface area contributed by atoms with Crippen LogP contribution in [0.1, 0.15) is 12.5 Å². The van der Waals surface area contributed by atoms with E-state index in [0.29, 0.717) is 56.1 Å². The molecule has 8 nitrogen and oxygen atoms in total. The van der Waals surface area contributed by atoms with Gasteiger partial charge in [0.25, 0.3) is 0 Å². The van der Waals surface area contributed by atoms with Crippen molar-refractivity contribution in [1.29, 1.82) is 0 Å². The Morgan fingerprint density at radius 2 is 2.00 bits per heavy atom. The van der Waals surface area contributed by atoms with E-state index in [9.17, 15) is 17.6 Å². The number of piperazine rings is 1. The van der Waals surface area contributed by atoms with Crippen LogP contribution in [0.15, 0.2) is 42.7 Å². The van der Waals surface area contributed by atoms with Crippen molar-refractivity contribution in [3.05, 3.63) is 54.1 Å². The maximum absolute atomic E-state index is 14.2. The summed E-state index contributed by atoms with van der Waals surface area (Å²) in [6.07, 6.45) is 3.74. The summed E-state index contributed by atoms with van der Waals surface area (Å²) >= 11 is 0. The van der Waals surface area contributed by atoms with Crippen molar-refractivity contribution >= 4 is 27.8 Å². The maximum Gasteiger partial charge on any atom is 0.232 e. The van der Waals surface area contributed by atoms with Gasteiger partial charge >= 0.3 is 0 Å². The van der Waals surface area contributed by atoms with Crippen molar-refractivity contribution in [3.8, 4) is 0 Å². The van der Waals surface area contributed by atoms with Crippen LogP contribution in [-0.4, -0.2) is 60.9 Å². The quantitative estimate of drug-likeness (QED) is 0.516. The van der Waals surface area contributed by atoms with E-state index in [0.717, 1.165) is 0 Å². The molecule has 1 aromatic heterocycles. The van der Waals surface area contributed by atoms with E-state index in [4.69, 9.17) is 0 Å². The van der Waals surface area contributed by atoms with Gasteiger partial charge in [0, 0.05) is 38.9 Å². The molecule has 1 saturated heterocycles. The van der Waals surface area contributed by atoms with Crippen LogP contribution >= 0.6 is 0 Å². The van der Waals surface area contributed by atoms with Crippen LogP contribution in [0.25, 0.3) is 0 Å². The van der Waals surface area contributed by atoms with Crippen molar-refractivity contribution < 1.29 is 17.6 Å². The van der Waals surface area contributed by atoms with Gasteiger partial charge in [-0.1, -0.05) is 0 Å². The Bertz CT molecular complexity index is 934. The van der Waals surface area contributed by atoms with E-state index in [-0.39, 0.29) is 5.75 Å². The maximum atomic E-state index is 14.2. The highest BCUT2D eigenvalue weighted by atomic mass is 32.2. The molecule has 1 amide bonds. The molecule has 29 heavy (non-hydrogen) atoms. The Labute approximate surface area is 170 Å². The third-order valence-electron chi connectivity index (χ3n) is 4.73. The van der Waals surface area contributed by atoms with Gasteiger partial charge in [0.15, 0.2) is 0 Å². The average molecular weight is 421 g/mol. The smallest absolute Gasteiger partial charge is 0.232 e. The number of hydrogen-bond acceptors (Lipinski definition) is 6. The largest absolute Gasteiger partial charge is 0.296 e.